The van der Waals surface area contributed by atoms with Gasteiger partial charge in [0.05, 0.1) is 6.04 Å². The van der Waals surface area contributed by atoms with Gasteiger partial charge in [-0.15, -0.1) is 0 Å². The Labute approximate surface area is 125 Å². The van der Waals surface area contributed by atoms with Crippen LogP contribution in [0.2, 0.25) is 0 Å². The molecule has 3 N–H and O–H groups in total. The van der Waals surface area contributed by atoms with Crippen LogP contribution in [0.1, 0.15) is 45.9 Å². The summed E-state index contributed by atoms with van der Waals surface area (Å²) in [7, 11) is 0. The summed E-state index contributed by atoms with van der Waals surface area (Å²) < 4.78 is 0. The van der Waals surface area contributed by atoms with Crippen LogP contribution in [0.25, 0.3) is 0 Å². The standard InChI is InChI=1S/C18H20N2O/c1-12-9-10-14(11-16(12)19)18(21)20-17-8-4-6-13-5-2-3-7-15(13)17/h2-3,5,7,9-11,17H,4,6,8,19H2,1H3,(H,20,21). The van der Waals surface area contributed by atoms with Crippen molar-refractivity contribution >= 4 is 11.6 Å². The van der Waals surface area contributed by atoms with Gasteiger partial charge in [-0.1, -0.05) is 30.3 Å². The molecule has 0 fully saturated rings. The van der Waals surface area contributed by atoms with Crippen LogP contribution in [0.5, 0.6) is 0 Å². The molecule has 21 heavy (non-hydrogen) atoms. The normalized spacial score (nSPS) is 17.1. The molecular weight excluding hydrogens is 260 g/mol. The summed E-state index contributed by atoms with van der Waals surface area (Å²) in [6, 6.07) is 13.9. The maximum absolute atomic E-state index is 12.4. The molecule has 2 aromatic rings. The van der Waals surface area contributed by atoms with Crippen LogP contribution in [0.4, 0.5) is 5.69 Å². The number of rotatable bonds is 2. The fraction of sp³-hybridized carbons (Fsp3) is 0.278. The van der Waals surface area contributed by atoms with E-state index in [1.165, 1.54) is 11.1 Å². The second-order valence-corrected chi connectivity index (χ2v) is 5.69. The van der Waals surface area contributed by atoms with Gasteiger partial charge in [-0.05, 0) is 55.0 Å². The lowest BCUT2D eigenvalue weighted by Gasteiger charge is -2.26. The van der Waals surface area contributed by atoms with Crippen molar-refractivity contribution in [2.24, 2.45) is 0 Å². The number of nitrogens with one attached hydrogen (secondary N) is 1. The molecule has 3 heteroatoms. The highest BCUT2D eigenvalue weighted by Crippen LogP contribution is 2.29. The van der Waals surface area contributed by atoms with Crippen molar-refractivity contribution in [3.63, 3.8) is 0 Å². The molecule has 0 bridgehead atoms. The first-order valence-electron chi connectivity index (χ1n) is 7.40. The molecule has 1 aliphatic carbocycles. The predicted octanol–water partition coefficient (Wildman–Crippen LogP) is 3.38. The van der Waals surface area contributed by atoms with Crippen LogP contribution in [0, 0.1) is 6.92 Å². The minimum atomic E-state index is -0.0524. The molecular formula is C18H20N2O. The average Bonchev–Trinajstić information content (AvgIpc) is 2.50. The predicted molar refractivity (Wildman–Crippen MR) is 85.2 cm³/mol. The van der Waals surface area contributed by atoms with Crippen LogP contribution in [-0.4, -0.2) is 5.91 Å². The summed E-state index contributed by atoms with van der Waals surface area (Å²) in [6.07, 6.45) is 3.20. The number of nitrogens with two attached hydrogens (primary N) is 1. The average molecular weight is 280 g/mol. The number of nitrogen functional groups attached to an aromatic ring is 1. The van der Waals surface area contributed by atoms with Crippen LogP contribution in [-0.2, 0) is 6.42 Å². The third kappa shape index (κ3) is 2.77. The molecule has 0 radical (unpaired) electrons. The second-order valence-electron chi connectivity index (χ2n) is 5.69. The Bertz CT molecular complexity index is 679. The van der Waals surface area contributed by atoms with Crippen molar-refractivity contribution in [2.45, 2.75) is 32.2 Å². The van der Waals surface area contributed by atoms with Crippen LogP contribution < -0.4 is 11.1 Å². The van der Waals surface area contributed by atoms with E-state index in [0.29, 0.717) is 11.3 Å². The molecule has 1 aliphatic rings. The first kappa shape index (κ1) is 13.7. The lowest BCUT2D eigenvalue weighted by molar-refractivity contribution is 0.0933. The Balaban J connectivity index is 1.81. The zero-order chi connectivity index (χ0) is 14.8. The lowest BCUT2D eigenvalue weighted by atomic mass is 9.87. The number of aryl methyl sites for hydroxylation is 2. The summed E-state index contributed by atoms with van der Waals surface area (Å²) in [5.74, 6) is -0.0524. The Morgan fingerprint density at radius 2 is 2.05 bits per heavy atom. The van der Waals surface area contributed by atoms with Gasteiger partial charge in [-0.2, -0.15) is 0 Å². The second kappa shape index (κ2) is 5.60. The Morgan fingerprint density at radius 3 is 2.86 bits per heavy atom. The summed E-state index contributed by atoms with van der Waals surface area (Å²) >= 11 is 0. The van der Waals surface area contributed by atoms with Gasteiger partial charge in [-0.3, -0.25) is 4.79 Å². The molecule has 0 saturated heterocycles. The highest BCUT2D eigenvalue weighted by Gasteiger charge is 2.21. The zero-order valence-electron chi connectivity index (χ0n) is 12.2. The first-order valence-corrected chi connectivity index (χ1v) is 7.40. The smallest absolute Gasteiger partial charge is 0.251 e. The maximum atomic E-state index is 12.4. The molecule has 3 rings (SSSR count). The van der Waals surface area contributed by atoms with Gasteiger partial charge in [0.1, 0.15) is 0 Å². The zero-order valence-corrected chi connectivity index (χ0v) is 12.2. The molecule has 1 unspecified atom stereocenters. The van der Waals surface area contributed by atoms with Gasteiger partial charge in [0.25, 0.3) is 5.91 Å². The number of hydrogen-bond donors (Lipinski definition) is 2. The van der Waals surface area contributed by atoms with E-state index in [0.717, 1.165) is 24.8 Å². The number of hydrogen-bond acceptors (Lipinski definition) is 2. The van der Waals surface area contributed by atoms with E-state index in [1.54, 1.807) is 6.07 Å². The van der Waals surface area contributed by atoms with Gasteiger partial charge >= 0.3 is 0 Å². The molecule has 0 aromatic heterocycles. The molecule has 3 nitrogen and oxygen atoms in total. The number of fused-ring (bicyclic) bond motifs is 1. The van der Waals surface area contributed by atoms with Crippen LogP contribution in [0.3, 0.4) is 0 Å². The third-order valence-electron chi connectivity index (χ3n) is 4.22. The summed E-state index contributed by atoms with van der Waals surface area (Å²) in [5.41, 5.74) is 10.8. The largest absolute Gasteiger partial charge is 0.398 e. The molecule has 0 aliphatic heterocycles. The molecule has 108 valence electrons. The van der Waals surface area contributed by atoms with Crippen molar-refractivity contribution in [1.29, 1.82) is 0 Å². The molecule has 2 aromatic carbocycles. The van der Waals surface area contributed by atoms with Crippen LogP contribution in [0.15, 0.2) is 42.5 Å². The number of carbonyl (C=O) groups is 1. The van der Waals surface area contributed by atoms with E-state index < -0.39 is 0 Å². The van der Waals surface area contributed by atoms with E-state index in [-0.39, 0.29) is 11.9 Å². The van der Waals surface area contributed by atoms with Crippen molar-refractivity contribution < 1.29 is 4.79 Å². The number of carbonyl (C=O) groups excluding carboxylic acids is 1. The van der Waals surface area contributed by atoms with E-state index in [9.17, 15) is 4.79 Å². The number of benzene rings is 2. The van der Waals surface area contributed by atoms with E-state index in [4.69, 9.17) is 5.73 Å². The van der Waals surface area contributed by atoms with Gasteiger partial charge in [0.15, 0.2) is 0 Å². The summed E-state index contributed by atoms with van der Waals surface area (Å²) in [4.78, 5) is 12.4. The number of amides is 1. The van der Waals surface area contributed by atoms with E-state index in [1.807, 2.05) is 25.1 Å². The van der Waals surface area contributed by atoms with Crippen molar-refractivity contribution in [1.82, 2.24) is 5.32 Å². The molecule has 0 spiro atoms. The minimum Gasteiger partial charge on any atom is -0.398 e. The Hall–Kier alpha value is -2.29. The topological polar surface area (TPSA) is 55.1 Å². The monoisotopic (exact) mass is 280 g/mol. The van der Waals surface area contributed by atoms with Gasteiger partial charge < -0.3 is 11.1 Å². The Kier molecular flexibility index (Phi) is 3.65. The summed E-state index contributed by atoms with van der Waals surface area (Å²) in [6.45, 7) is 1.94. The minimum absolute atomic E-state index is 0.0524. The fourth-order valence-electron chi connectivity index (χ4n) is 2.93. The van der Waals surface area contributed by atoms with Gasteiger partial charge in [0.2, 0.25) is 0 Å². The molecule has 1 atom stereocenters. The maximum Gasteiger partial charge on any atom is 0.251 e. The molecule has 0 saturated carbocycles. The van der Waals surface area contributed by atoms with Crippen molar-refractivity contribution in [3.8, 4) is 0 Å². The molecule has 1 amide bonds. The van der Waals surface area contributed by atoms with Crippen molar-refractivity contribution in [2.75, 3.05) is 5.73 Å². The highest BCUT2D eigenvalue weighted by atomic mass is 16.1. The first-order chi connectivity index (χ1) is 10.1. The Morgan fingerprint density at radius 1 is 1.24 bits per heavy atom. The van der Waals surface area contributed by atoms with E-state index >= 15 is 0 Å². The highest BCUT2D eigenvalue weighted by molar-refractivity contribution is 5.95. The lowest BCUT2D eigenvalue weighted by Crippen LogP contribution is -2.31. The molecule has 0 heterocycles. The SMILES string of the molecule is Cc1ccc(C(=O)NC2CCCc3ccccc32)cc1N. The quantitative estimate of drug-likeness (QED) is 0.829. The third-order valence-corrected chi connectivity index (χ3v) is 4.22. The summed E-state index contributed by atoms with van der Waals surface area (Å²) in [5, 5.41) is 3.14. The van der Waals surface area contributed by atoms with Gasteiger partial charge in [0, 0.05) is 11.3 Å². The van der Waals surface area contributed by atoms with Crippen LogP contribution >= 0.6 is 0 Å². The van der Waals surface area contributed by atoms with E-state index in [2.05, 4.69) is 23.5 Å². The van der Waals surface area contributed by atoms with Crippen molar-refractivity contribution in [3.05, 3.63) is 64.7 Å². The fourth-order valence-corrected chi connectivity index (χ4v) is 2.93. The van der Waals surface area contributed by atoms with Gasteiger partial charge in [-0.25, -0.2) is 0 Å². The number of anilines is 1.